The van der Waals surface area contributed by atoms with Crippen molar-refractivity contribution in [3.8, 4) is 0 Å². The maximum atomic E-state index is 13.7. The number of rotatable bonds is 4. The maximum Gasteiger partial charge on any atom is 0.307 e. The molecular formula is C15H14F2N2O2. The lowest BCUT2D eigenvalue weighted by Crippen LogP contribution is -2.09. The van der Waals surface area contributed by atoms with Crippen molar-refractivity contribution in [3.05, 3.63) is 69.3 Å². The number of nitrogens with one attached hydrogen (secondary N) is 1. The minimum Gasteiger partial charge on any atom is -0.376 e. The molecule has 2 aromatic carbocycles. The van der Waals surface area contributed by atoms with E-state index in [2.05, 4.69) is 5.32 Å². The van der Waals surface area contributed by atoms with E-state index < -0.39 is 22.2 Å². The fraction of sp³-hybridized carbons (Fsp3) is 0.200. The Morgan fingerprint density at radius 1 is 1.19 bits per heavy atom. The highest BCUT2D eigenvalue weighted by Gasteiger charge is 2.19. The zero-order chi connectivity index (χ0) is 15.6. The fourth-order valence-electron chi connectivity index (χ4n) is 2.04. The van der Waals surface area contributed by atoms with Crippen LogP contribution in [0.5, 0.6) is 0 Å². The zero-order valence-electron chi connectivity index (χ0n) is 11.6. The van der Waals surface area contributed by atoms with Crippen molar-refractivity contribution in [1.29, 1.82) is 0 Å². The van der Waals surface area contributed by atoms with Gasteiger partial charge in [0.1, 0.15) is 5.82 Å². The first-order valence-corrected chi connectivity index (χ1v) is 6.35. The summed E-state index contributed by atoms with van der Waals surface area (Å²) < 4.78 is 27.0. The van der Waals surface area contributed by atoms with Gasteiger partial charge in [0.25, 0.3) is 0 Å². The molecule has 0 amide bonds. The third kappa shape index (κ3) is 3.34. The topological polar surface area (TPSA) is 55.2 Å². The Bertz CT molecular complexity index is 689. The molecule has 0 radical (unpaired) electrons. The monoisotopic (exact) mass is 292 g/mol. The molecule has 1 atom stereocenters. The molecule has 1 unspecified atom stereocenters. The second-order valence-corrected chi connectivity index (χ2v) is 4.82. The maximum absolute atomic E-state index is 13.7. The van der Waals surface area contributed by atoms with Crippen LogP contribution in [0.3, 0.4) is 0 Å². The van der Waals surface area contributed by atoms with Crippen LogP contribution in [-0.2, 0) is 0 Å². The molecule has 1 N–H and O–H groups in total. The van der Waals surface area contributed by atoms with E-state index in [-0.39, 0.29) is 11.7 Å². The number of hydrogen-bond acceptors (Lipinski definition) is 3. The first-order valence-electron chi connectivity index (χ1n) is 6.35. The normalized spacial score (nSPS) is 12.0. The minimum absolute atomic E-state index is 0.0999. The molecule has 0 saturated carbocycles. The van der Waals surface area contributed by atoms with Crippen LogP contribution in [0, 0.1) is 28.7 Å². The fourth-order valence-corrected chi connectivity index (χ4v) is 2.04. The molecule has 0 aromatic heterocycles. The molecule has 0 aliphatic carbocycles. The summed E-state index contributed by atoms with van der Waals surface area (Å²) in [5.41, 5.74) is 1.10. The summed E-state index contributed by atoms with van der Waals surface area (Å²) in [4.78, 5) is 9.82. The van der Waals surface area contributed by atoms with Crippen molar-refractivity contribution >= 4 is 11.4 Å². The number of halogens is 2. The van der Waals surface area contributed by atoms with Gasteiger partial charge in [-0.25, -0.2) is 4.39 Å². The van der Waals surface area contributed by atoms with Crippen molar-refractivity contribution in [2.45, 2.75) is 19.9 Å². The van der Waals surface area contributed by atoms with Gasteiger partial charge in [0.05, 0.1) is 10.6 Å². The highest BCUT2D eigenvalue weighted by atomic mass is 19.1. The lowest BCUT2D eigenvalue weighted by atomic mass is 10.1. The number of nitro benzene ring substituents is 1. The molecular weight excluding hydrogens is 278 g/mol. The van der Waals surface area contributed by atoms with Crippen LogP contribution in [0.15, 0.2) is 36.4 Å². The Morgan fingerprint density at radius 2 is 1.90 bits per heavy atom. The Hall–Kier alpha value is -2.50. The summed E-state index contributed by atoms with van der Waals surface area (Å²) in [6.07, 6.45) is 0. The molecule has 2 rings (SSSR count). The van der Waals surface area contributed by atoms with Crippen molar-refractivity contribution in [1.82, 2.24) is 0 Å². The van der Waals surface area contributed by atoms with Gasteiger partial charge in [-0.15, -0.1) is 0 Å². The third-order valence-corrected chi connectivity index (χ3v) is 3.15. The number of nitrogens with zero attached hydrogens (tertiary/aromatic N) is 1. The van der Waals surface area contributed by atoms with E-state index >= 15 is 0 Å². The van der Waals surface area contributed by atoms with Crippen LogP contribution < -0.4 is 5.32 Å². The summed E-state index contributed by atoms with van der Waals surface area (Å²) in [6.45, 7) is 3.73. The number of benzene rings is 2. The Morgan fingerprint density at radius 3 is 2.52 bits per heavy atom. The highest BCUT2D eigenvalue weighted by Crippen LogP contribution is 2.28. The molecule has 0 saturated heterocycles. The van der Waals surface area contributed by atoms with Crippen LogP contribution in [-0.4, -0.2) is 4.92 Å². The SMILES string of the molecule is Cc1cccc(C(C)Nc2cc([N+](=O)[O-])c(F)cc2F)c1. The summed E-state index contributed by atoms with van der Waals surface area (Å²) >= 11 is 0. The standard InChI is InChI=1S/C15H14F2N2O2/c1-9-4-3-5-11(6-9)10(2)18-14-8-15(19(20)21)13(17)7-12(14)16/h3-8,10,18H,1-2H3. The van der Waals surface area contributed by atoms with Crippen molar-refractivity contribution in [3.63, 3.8) is 0 Å². The molecule has 2 aromatic rings. The summed E-state index contributed by atoms with van der Waals surface area (Å²) in [6, 6.07) is 8.70. The van der Waals surface area contributed by atoms with E-state index in [1.165, 1.54) is 0 Å². The summed E-state index contributed by atoms with van der Waals surface area (Å²) in [7, 11) is 0. The molecule has 6 heteroatoms. The molecule has 110 valence electrons. The van der Waals surface area contributed by atoms with E-state index in [4.69, 9.17) is 0 Å². The van der Waals surface area contributed by atoms with E-state index in [1.807, 2.05) is 31.2 Å². The average molecular weight is 292 g/mol. The third-order valence-electron chi connectivity index (χ3n) is 3.15. The van der Waals surface area contributed by atoms with Gasteiger partial charge >= 0.3 is 5.69 Å². The van der Waals surface area contributed by atoms with Gasteiger partial charge < -0.3 is 5.32 Å². The minimum atomic E-state index is -1.19. The van der Waals surface area contributed by atoms with Gasteiger partial charge in [-0.3, -0.25) is 10.1 Å². The molecule has 0 aliphatic heterocycles. The zero-order valence-corrected chi connectivity index (χ0v) is 11.6. The summed E-state index contributed by atoms with van der Waals surface area (Å²) in [5, 5.41) is 13.5. The molecule has 21 heavy (non-hydrogen) atoms. The number of hydrogen-bond donors (Lipinski definition) is 1. The van der Waals surface area contributed by atoms with Crippen molar-refractivity contribution in [2.24, 2.45) is 0 Å². The Labute approximate surface area is 120 Å². The summed E-state index contributed by atoms with van der Waals surface area (Å²) in [5.74, 6) is -2.05. The molecule has 0 aliphatic rings. The second-order valence-electron chi connectivity index (χ2n) is 4.82. The predicted octanol–water partition coefficient (Wildman–Crippen LogP) is 4.35. The molecule has 0 fully saturated rings. The van der Waals surface area contributed by atoms with E-state index in [1.54, 1.807) is 6.92 Å². The van der Waals surface area contributed by atoms with Crippen molar-refractivity contribution in [2.75, 3.05) is 5.32 Å². The van der Waals surface area contributed by atoms with E-state index in [9.17, 15) is 18.9 Å². The van der Waals surface area contributed by atoms with Gasteiger partial charge in [0.15, 0.2) is 0 Å². The van der Waals surface area contributed by atoms with Crippen LogP contribution in [0.25, 0.3) is 0 Å². The lowest BCUT2D eigenvalue weighted by Gasteiger charge is -2.16. The number of nitro groups is 1. The van der Waals surface area contributed by atoms with Gasteiger partial charge in [0.2, 0.25) is 5.82 Å². The average Bonchev–Trinajstić information content (AvgIpc) is 2.41. The predicted molar refractivity (Wildman–Crippen MR) is 76.2 cm³/mol. The van der Waals surface area contributed by atoms with Gasteiger partial charge in [-0.05, 0) is 19.4 Å². The number of aryl methyl sites for hydroxylation is 1. The molecule has 0 spiro atoms. The van der Waals surface area contributed by atoms with Gasteiger partial charge in [0, 0.05) is 18.2 Å². The quantitative estimate of drug-likeness (QED) is 0.673. The molecule has 4 nitrogen and oxygen atoms in total. The molecule has 0 heterocycles. The van der Waals surface area contributed by atoms with Crippen LogP contribution in [0.2, 0.25) is 0 Å². The van der Waals surface area contributed by atoms with Crippen molar-refractivity contribution < 1.29 is 13.7 Å². The Balaban J connectivity index is 2.31. The first-order chi connectivity index (χ1) is 9.88. The highest BCUT2D eigenvalue weighted by molar-refractivity contribution is 5.54. The van der Waals surface area contributed by atoms with Gasteiger partial charge in [-0.2, -0.15) is 4.39 Å². The smallest absolute Gasteiger partial charge is 0.307 e. The largest absolute Gasteiger partial charge is 0.376 e. The van der Waals surface area contributed by atoms with Gasteiger partial charge in [-0.1, -0.05) is 29.8 Å². The van der Waals surface area contributed by atoms with E-state index in [0.29, 0.717) is 6.07 Å². The Kier molecular flexibility index (Phi) is 4.16. The van der Waals surface area contributed by atoms with E-state index in [0.717, 1.165) is 17.2 Å². The number of anilines is 1. The lowest BCUT2D eigenvalue weighted by molar-refractivity contribution is -0.387. The molecule has 0 bridgehead atoms. The van der Waals surface area contributed by atoms with Crippen LogP contribution in [0.1, 0.15) is 24.1 Å². The van der Waals surface area contributed by atoms with Crippen LogP contribution in [0.4, 0.5) is 20.2 Å². The first kappa shape index (κ1) is 14.9. The van der Waals surface area contributed by atoms with Crippen LogP contribution >= 0.6 is 0 Å². The second kappa shape index (κ2) is 5.87.